The first kappa shape index (κ1) is 11.7. The van der Waals surface area contributed by atoms with Gasteiger partial charge >= 0.3 is 5.97 Å². The maximum atomic E-state index is 11.8. The van der Waals surface area contributed by atoms with Gasteiger partial charge in [0.05, 0.1) is 13.0 Å². The van der Waals surface area contributed by atoms with Crippen molar-refractivity contribution in [2.24, 2.45) is 5.92 Å². The van der Waals surface area contributed by atoms with Crippen LogP contribution in [0.4, 0.5) is 0 Å². The Morgan fingerprint density at radius 2 is 2.06 bits per heavy atom. The number of ether oxygens (including phenoxy) is 1. The largest absolute Gasteiger partial charge is 0.509 e. The fraction of sp³-hybridized carbons (Fsp3) is 0.300. The summed E-state index contributed by atoms with van der Waals surface area (Å²) in [6, 6.07) is 0. The zero-order chi connectivity index (χ0) is 12.6. The highest BCUT2D eigenvalue weighted by atomic mass is 32.2. The van der Waals surface area contributed by atoms with Crippen molar-refractivity contribution in [3.63, 3.8) is 0 Å². The minimum absolute atomic E-state index is 0.322. The van der Waals surface area contributed by atoms with Crippen LogP contribution in [0.3, 0.4) is 0 Å². The molecule has 1 aliphatic heterocycles. The maximum Gasteiger partial charge on any atom is 0.358 e. The molecule has 0 aromatic rings. The summed E-state index contributed by atoms with van der Waals surface area (Å²) in [6.07, 6.45) is 6.18. The smallest absolute Gasteiger partial charge is 0.358 e. The molecule has 2 rings (SSSR count). The molecule has 0 aromatic carbocycles. The third kappa shape index (κ3) is 1.82. The average molecular weight is 257 g/mol. The molecule has 0 saturated heterocycles. The SMILES string of the molecule is COC(=O)C1=C(O)[C@@H]2C=CC=C[C@@H]2S(=O)(=O)N1. The molecule has 1 aliphatic carbocycles. The van der Waals surface area contributed by atoms with E-state index in [-0.39, 0.29) is 5.76 Å². The molecule has 0 spiro atoms. The highest BCUT2D eigenvalue weighted by Crippen LogP contribution is 2.31. The number of allylic oxidation sites excluding steroid dienone is 3. The quantitative estimate of drug-likeness (QED) is 0.644. The molecule has 7 heteroatoms. The minimum Gasteiger partial charge on any atom is -0.509 e. The van der Waals surface area contributed by atoms with Crippen LogP contribution in [0, 0.1) is 5.92 Å². The van der Waals surface area contributed by atoms with Crippen molar-refractivity contribution in [2.75, 3.05) is 7.11 Å². The van der Waals surface area contributed by atoms with Crippen LogP contribution in [-0.4, -0.2) is 31.9 Å². The fourth-order valence-corrected chi connectivity index (χ4v) is 3.32. The summed E-state index contributed by atoms with van der Waals surface area (Å²) in [4.78, 5) is 11.3. The lowest BCUT2D eigenvalue weighted by molar-refractivity contribution is -0.136. The summed E-state index contributed by atoms with van der Waals surface area (Å²) in [5.41, 5.74) is -0.423. The summed E-state index contributed by atoms with van der Waals surface area (Å²) in [5, 5.41) is 8.96. The molecular formula is C10H11NO5S. The van der Waals surface area contributed by atoms with Crippen LogP contribution < -0.4 is 4.72 Å². The van der Waals surface area contributed by atoms with Gasteiger partial charge in [-0.1, -0.05) is 24.3 Å². The normalized spacial score (nSPS) is 29.5. The number of hydrogen-bond acceptors (Lipinski definition) is 5. The summed E-state index contributed by atoms with van der Waals surface area (Å²) >= 11 is 0. The zero-order valence-corrected chi connectivity index (χ0v) is 9.77. The number of nitrogens with one attached hydrogen (secondary N) is 1. The first-order chi connectivity index (χ1) is 7.97. The van der Waals surface area contributed by atoms with Crippen molar-refractivity contribution in [1.29, 1.82) is 0 Å². The number of sulfonamides is 1. The standard InChI is InChI=1S/C10H11NO5S/c1-16-10(13)8-9(12)6-4-2-3-5-7(6)17(14,15)11-8/h2-7,11-12H,1H3/t6-,7+/m1/s1. The Bertz CT molecular complexity index is 543. The maximum absolute atomic E-state index is 11.8. The van der Waals surface area contributed by atoms with Gasteiger partial charge in [-0.15, -0.1) is 0 Å². The molecule has 0 fully saturated rings. The summed E-state index contributed by atoms with van der Waals surface area (Å²) < 4.78 is 30.1. The lowest BCUT2D eigenvalue weighted by Crippen LogP contribution is -2.46. The Hall–Kier alpha value is -1.76. The highest BCUT2D eigenvalue weighted by Gasteiger charge is 2.42. The van der Waals surface area contributed by atoms with Gasteiger partial charge in [-0.3, -0.25) is 4.72 Å². The van der Waals surface area contributed by atoms with Crippen LogP contribution in [0.15, 0.2) is 35.8 Å². The van der Waals surface area contributed by atoms with Crippen LogP contribution >= 0.6 is 0 Å². The van der Waals surface area contributed by atoms with Gasteiger partial charge < -0.3 is 9.84 Å². The van der Waals surface area contributed by atoms with Gasteiger partial charge in [-0.2, -0.15) is 0 Å². The van der Waals surface area contributed by atoms with E-state index in [2.05, 4.69) is 4.74 Å². The summed E-state index contributed by atoms with van der Waals surface area (Å²) in [5.74, 6) is -1.98. The van der Waals surface area contributed by atoms with Crippen molar-refractivity contribution in [1.82, 2.24) is 4.72 Å². The van der Waals surface area contributed by atoms with E-state index in [0.29, 0.717) is 0 Å². The van der Waals surface area contributed by atoms with Crippen LogP contribution in [0.2, 0.25) is 0 Å². The minimum atomic E-state index is -3.73. The molecule has 0 unspecified atom stereocenters. The van der Waals surface area contributed by atoms with E-state index in [1.807, 2.05) is 4.72 Å². The molecule has 1 heterocycles. The van der Waals surface area contributed by atoms with E-state index in [4.69, 9.17) is 0 Å². The Morgan fingerprint density at radius 3 is 2.71 bits per heavy atom. The Morgan fingerprint density at radius 1 is 1.41 bits per heavy atom. The predicted octanol–water partition coefficient (Wildman–Crippen LogP) is -0.0272. The molecule has 0 bridgehead atoms. The number of aliphatic hydroxyl groups excluding tert-OH is 1. The van der Waals surface area contributed by atoms with Crippen LogP contribution in [0.5, 0.6) is 0 Å². The number of carbonyl (C=O) groups is 1. The Balaban J connectivity index is 2.53. The number of aliphatic hydroxyl groups is 1. The number of fused-ring (bicyclic) bond motifs is 1. The van der Waals surface area contributed by atoms with Crippen molar-refractivity contribution in [3.05, 3.63) is 35.8 Å². The van der Waals surface area contributed by atoms with Crippen LogP contribution in [0.1, 0.15) is 0 Å². The summed E-state index contributed by atoms with van der Waals surface area (Å²) in [6.45, 7) is 0. The molecule has 0 saturated carbocycles. The van der Waals surface area contributed by atoms with Gasteiger partial charge in [0.1, 0.15) is 11.0 Å². The van der Waals surface area contributed by atoms with Gasteiger partial charge in [-0.05, 0) is 0 Å². The first-order valence-corrected chi connectivity index (χ1v) is 6.40. The van der Waals surface area contributed by atoms with E-state index >= 15 is 0 Å². The predicted molar refractivity (Wildman–Crippen MR) is 59.3 cm³/mol. The topological polar surface area (TPSA) is 92.7 Å². The van der Waals surface area contributed by atoms with E-state index in [1.165, 1.54) is 12.2 Å². The van der Waals surface area contributed by atoms with Gasteiger partial charge in [0.15, 0.2) is 5.70 Å². The fourth-order valence-electron chi connectivity index (χ4n) is 1.81. The molecule has 2 aliphatic rings. The molecule has 0 amide bonds. The summed E-state index contributed by atoms with van der Waals surface area (Å²) in [7, 11) is -2.62. The number of carbonyl (C=O) groups excluding carboxylic acids is 1. The molecule has 2 atom stereocenters. The second-order valence-electron chi connectivity index (χ2n) is 3.66. The average Bonchev–Trinajstić information content (AvgIpc) is 2.33. The third-order valence-electron chi connectivity index (χ3n) is 2.65. The molecule has 2 N–H and O–H groups in total. The highest BCUT2D eigenvalue weighted by molar-refractivity contribution is 7.90. The Kier molecular flexibility index (Phi) is 2.70. The molecule has 0 aromatic heterocycles. The Labute approximate surface area is 98.3 Å². The van der Waals surface area contributed by atoms with Crippen LogP contribution in [-0.2, 0) is 19.6 Å². The second kappa shape index (κ2) is 3.92. The van der Waals surface area contributed by atoms with Crippen molar-refractivity contribution in [2.45, 2.75) is 5.25 Å². The van der Waals surface area contributed by atoms with E-state index < -0.39 is 32.9 Å². The molecule has 6 nitrogen and oxygen atoms in total. The number of esters is 1. The third-order valence-corrected chi connectivity index (χ3v) is 4.30. The monoisotopic (exact) mass is 257 g/mol. The first-order valence-electron chi connectivity index (χ1n) is 4.85. The molecule has 0 radical (unpaired) electrons. The number of rotatable bonds is 1. The number of hydrogen-bond donors (Lipinski definition) is 2. The van der Waals surface area contributed by atoms with Crippen molar-refractivity contribution in [3.8, 4) is 0 Å². The van der Waals surface area contributed by atoms with Crippen molar-refractivity contribution < 1.29 is 23.1 Å². The van der Waals surface area contributed by atoms with E-state index in [1.54, 1.807) is 12.2 Å². The zero-order valence-electron chi connectivity index (χ0n) is 8.95. The lowest BCUT2D eigenvalue weighted by atomic mass is 9.96. The van der Waals surface area contributed by atoms with E-state index in [0.717, 1.165) is 7.11 Å². The lowest BCUT2D eigenvalue weighted by Gasteiger charge is -2.30. The van der Waals surface area contributed by atoms with E-state index in [9.17, 15) is 18.3 Å². The molecular weight excluding hydrogens is 246 g/mol. The van der Waals surface area contributed by atoms with Gasteiger partial charge in [0.25, 0.3) is 0 Å². The number of methoxy groups -OCH3 is 1. The van der Waals surface area contributed by atoms with Crippen LogP contribution in [0.25, 0.3) is 0 Å². The van der Waals surface area contributed by atoms with Gasteiger partial charge in [-0.25, -0.2) is 13.2 Å². The van der Waals surface area contributed by atoms with Crippen molar-refractivity contribution >= 4 is 16.0 Å². The second-order valence-corrected chi connectivity index (χ2v) is 5.50. The van der Waals surface area contributed by atoms with Gasteiger partial charge in [0, 0.05) is 0 Å². The molecule has 92 valence electrons. The molecule has 17 heavy (non-hydrogen) atoms. The van der Waals surface area contributed by atoms with Gasteiger partial charge in [0.2, 0.25) is 10.0 Å².